The second-order valence-corrected chi connectivity index (χ2v) is 7.15. The molecule has 0 amide bonds. The first-order chi connectivity index (χ1) is 16.6. The maximum absolute atomic E-state index is 8.59. The summed E-state index contributed by atoms with van der Waals surface area (Å²) in [5.74, 6) is 0.529. The number of rotatable bonds is 5. The monoisotopic (exact) mass is 518 g/mol. The maximum Gasteiger partial charge on any atom is 0.0395 e. The topological polar surface area (TPSA) is 91.9 Å². The van der Waals surface area contributed by atoms with Gasteiger partial charge in [-0.3, -0.25) is 0 Å². The van der Waals surface area contributed by atoms with Gasteiger partial charge in [0.2, 0.25) is 0 Å². The van der Waals surface area contributed by atoms with Crippen molar-refractivity contribution in [1.82, 2.24) is 5.48 Å². The molecular weight excluding hydrogens is 471 g/mol. The van der Waals surface area contributed by atoms with Gasteiger partial charge in [-0.2, -0.15) is 0 Å². The van der Waals surface area contributed by atoms with Crippen LogP contribution in [0.5, 0.6) is 0 Å². The zero-order valence-electron chi connectivity index (χ0n) is 22.0. The molecule has 1 aliphatic carbocycles. The number of aryl methyl sites for hydroxylation is 1. The zero-order valence-corrected chi connectivity index (χ0v) is 23.4. The third kappa shape index (κ3) is 14.6. The molecule has 0 aliphatic heterocycles. The van der Waals surface area contributed by atoms with Gasteiger partial charge < -0.3 is 21.7 Å². The smallest absolute Gasteiger partial charge is 0.0395 e. The van der Waals surface area contributed by atoms with E-state index < -0.39 is 0 Å². The van der Waals surface area contributed by atoms with E-state index in [0.717, 1.165) is 23.4 Å². The van der Waals surface area contributed by atoms with Crippen LogP contribution < -0.4 is 10.8 Å². The van der Waals surface area contributed by atoms with Crippen molar-refractivity contribution in [2.24, 2.45) is 0 Å². The minimum Gasteiger partial charge on any atom is -0.674 e. The van der Waals surface area contributed by atoms with Gasteiger partial charge in [0.05, 0.1) is 0 Å². The van der Waals surface area contributed by atoms with Gasteiger partial charge in [-0.1, -0.05) is 87.9 Å². The van der Waals surface area contributed by atoms with E-state index in [0.29, 0.717) is 12.5 Å². The zero-order chi connectivity index (χ0) is 25.8. The first-order valence-corrected chi connectivity index (χ1v) is 12.1. The third-order valence-electron chi connectivity index (χ3n) is 4.65. The Kier molecular flexibility index (Phi) is 21.9. The van der Waals surface area contributed by atoms with E-state index in [1.54, 1.807) is 6.92 Å². The van der Waals surface area contributed by atoms with E-state index in [4.69, 9.17) is 16.4 Å². The molecular formula is C29H47N4OV-. The van der Waals surface area contributed by atoms with E-state index in [1.807, 2.05) is 82.3 Å². The average molecular weight is 519 g/mol. The minimum atomic E-state index is 0. The molecule has 1 aliphatic rings. The Balaban J connectivity index is -0.000000229. The molecule has 195 valence electrons. The fraction of sp³-hybridized carbons (Fsp3) is 0.345. The predicted molar refractivity (Wildman–Crippen MR) is 153 cm³/mol. The van der Waals surface area contributed by atoms with Gasteiger partial charge in [0.25, 0.3) is 0 Å². The number of nitrogens with one attached hydrogen (secondary N) is 4. The van der Waals surface area contributed by atoms with Crippen LogP contribution in [0.4, 0.5) is 11.4 Å². The van der Waals surface area contributed by atoms with Crippen LogP contribution in [-0.2, 0) is 25.1 Å². The van der Waals surface area contributed by atoms with Crippen molar-refractivity contribution in [1.29, 1.82) is 5.41 Å². The molecule has 1 radical (unpaired) electrons. The number of hydrogen-bond donors (Lipinski definition) is 4. The summed E-state index contributed by atoms with van der Waals surface area (Å²) in [6, 6.07) is 26.8. The second-order valence-electron chi connectivity index (χ2n) is 7.15. The van der Waals surface area contributed by atoms with Crippen LogP contribution in [0.15, 0.2) is 78.9 Å². The summed E-state index contributed by atoms with van der Waals surface area (Å²) >= 11 is 0. The van der Waals surface area contributed by atoms with Crippen LogP contribution in [0, 0.1) is 12.3 Å². The van der Waals surface area contributed by atoms with Crippen LogP contribution in [0.3, 0.4) is 0 Å². The van der Waals surface area contributed by atoms with Gasteiger partial charge in [-0.25, -0.2) is 5.48 Å². The second kappa shape index (κ2) is 22.1. The number of benzene rings is 3. The summed E-state index contributed by atoms with van der Waals surface area (Å²) < 4.78 is 0. The molecule has 4 rings (SSSR count). The summed E-state index contributed by atoms with van der Waals surface area (Å²) in [5, 5.41) is 18.0. The van der Waals surface area contributed by atoms with Crippen molar-refractivity contribution < 1.29 is 26.6 Å². The molecule has 0 bridgehead atoms. The molecule has 5 nitrogen and oxygen atoms in total. The van der Waals surface area contributed by atoms with Gasteiger partial charge in [0.15, 0.2) is 0 Å². The Hall–Kier alpha value is -2.41. The van der Waals surface area contributed by atoms with Gasteiger partial charge in [0.1, 0.15) is 0 Å². The van der Waals surface area contributed by atoms with Crippen LogP contribution in [-0.4, -0.2) is 17.5 Å². The Morgan fingerprint density at radius 2 is 1.51 bits per heavy atom. The molecule has 2 atom stereocenters. The Morgan fingerprint density at radius 3 is 1.97 bits per heavy atom. The quantitative estimate of drug-likeness (QED) is 0.201. The molecule has 0 spiro atoms. The van der Waals surface area contributed by atoms with Crippen LogP contribution in [0.1, 0.15) is 66.5 Å². The van der Waals surface area contributed by atoms with Crippen molar-refractivity contribution in [2.75, 3.05) is 5.32 Å². The Morgan fingerprint density at radius 1 is 0.943 bits per heavy atom. The fourth-order valence-corrected chi connectivity index (χ4v) is 3.00. The van der Waals surface area contributed by atoms with E-state index in [2.05, 4.69) is 42.0 Å². The Bertz CT molecular complexity index is 900. The SMILES string of the molecule is CC.CC.CC=N.Cc1cccc(Nc2ccc(C[NH-])cc2)c1.ON[C@@H]1C[C@H]1c1ccccc1.[HH].[HH].[V]. The van der Waals surface area contributed by atoms with Crippen molar-refractivity contribution in [3.05, 3.63) is 101 Å². The standard InChI is InChI=1S/C14H15N2.C9H11NO.C2H5N.2C2H6.V.2H2/c1-11-3-2-4-14(9-11)16-13-7-5-12(10-15)6-8-13;11-10-9-6-8(9)7-4-2-1-3-5-7;1-2-3;2*1-2;;;/h2-9,15-16H,10H2,1H3;1-5,8-11H,6H2;2-3H,1H3;2*1-2H3;;2*1H/q-1;;;;;;;/t;8-,9+;;;;;;/m.0....../s1. The summed E-state index contributed by atoms with van der Waals surface area (Å²) in [7, 11) is 0. The largest absolute Gasteiger partial charge is 0.674 e. The molecule has 0 aromatic heterocycles. The van der Waals surface area contributed by atoms with Gasteiger partial charge in [-0.15, -0.1) is 6.54 Å². The average Bonchev–Trinajstić information content (AvgIpc) is 3.69. The van der Waals surface area contributed by atoms with E-state index in [-0.39, 0.29) is 27.5 Å². The van der Waals surface area contributed by atoms with Crippen LogP contribution in [0.25, 0.3) is 5.73 Å². The van der Waals surface area contributed by atoms with Crippen molar-refractivity contribution in [2.45, 2.75) is 66.5 Å². The summed E-state index contributed by atoms with van der Waals surface area (Å²) in [5.41, 5.74) is 15.3. The normalized spacial score (nSPS) is 14.3. The molecule has 6 heteroatoms. The van der Waals surface area contributed by atoms with Gasteiger partial charge >= 0.3 is 0 Å². The summed E-state index contributed by atoms with van der Waals surface area (Å²) in [4.78, 5) is 0. The maximum atomic E-state index is 8.59. The van der Waals surface area contributed by atoms with Crippen molar-refractivity contribution in [3.8, 4) is 0 Å². The van der Waals surface area contributed by atoms with Crippen LogP contribution in [0.2, 0.25) is 0 Å². The van der Waals surface area contributed by atoms with Gasteiger partial charge in [-0.05, 0) is 61.9 Å². The molecule has 1 saturated carbocycles. The molecule has 0 saturated heterocycles. The summed E-state index contributed by atoms with van der Waals surface area (Å²) in [6.45, 7) is 12.1. The number of hydroxylamine groups is 1. The van der Waals surface area contributed by atoms with Crippen molar-refractivity contribution >= 4 is 17.6 Å². The number of hydrogen-bond acceptors (Lipinski definition) is 4. The number of anilines is 2. The third-order valence-corrected chi connectivity index (χ3v) is 4.65. The van der Waals surface area contributed by atoms with E-state index in [1.165, 1.54) is 17.3 Å². The van der Waals surface area contributed by atoms with E-state index >= 15 is 0 Å². The molecule has 5 N–H and O–H groups in total. The Labute approximate surface area is 227 Å². The minimum absolute atomic E-state index is 0. The first kappa shape index (κ1) is 34.8. The summed E-state index contributed by atoms with van der Waals surface area (Å²) in [6.07, 6.45) is 2.31. The van der Waals surface area contributed by atoms with E-state index in [9.17, 15) is 0 Å². The first-order valence-electron chi connectivity index (χ1n) is 12.1. The molecule has 1 fully saturated rings. The molecule has 0 unspecified atom stereocenters. The van der Waals surface area contributed by atoms with Gasteiger partial charge in [0, 0.05) is 44.7 Å². The molecule has 35 heavy (non-hydrogen) atoms. The molecule has 3 aromatic rings. The van der Waals surface area contributed by atoms with Crippen LogP contribution >= 0.6 is 0 Å². The predicted octanol–water partition coefficient (Wildman–Crippen LogP) is 9.01. The molecule has 3 aromatic carbocycles. The fourth-order valence-electron chi connectivity index (χ4n) is 3.00. The molecule has 0 heterocycles. The van der Waals surface area contributed by atoms with Crippen molar-refractivity contribution in [3.63, 3.8) is 0 Å².